The molecule has 4 rings (SSSR count). The number of thiophene rings is 1. The van der Waals surface area contributed by atoms with Gasteiger partial charge in [0.1, 0.15) is 16.8 Å². The summed E-state index contributed by atoms with van der Waals surface area (Å²) in [5.41, 5.74) is 2.93. The summed E-state index contributed by atoms with van der Waals surface area (Å²) in [4.78, 5) is 17.4. The molecule has 2 heterocycles. The summed E-state index contributed by atoms with van der Waals surface area (Å²) in [5, 5.41) is 22.8. The molecule has 0 bridgehead atoms. The van der Waals surface area contributed by atoms with Crippen molar-refractivity contribution in [2.45, 2.75) is 26.2 Å². The second kappa shape index (κ2) is 8.44. The van der Waals surface area contributed by atoms with E-state index in [1.54, 1.807) is 23.5 Å². The average Bonchev–Trinajstić information content (AvgIpc) is 3.05. The highest BCUT2D eigenvalue weighted by Gasteiger charge is 2.26. The molecular formula is C22H27N4O2S+. The lowest BCUT2D eigenvalue weighted by Gasteiger charge is -2.33. The molecule has 29 heavy (non-hydrogen) atoms. The number of hydrogen-bond donors (Lipinski definition) is 3. The number of phenolic OH excluding ortho intramolecular Hbond substituents is 1. The summed E-state index contributed by atoms with van der Waals surface area (Å²) in [6.45, 7) is 6.20. The van der Waals surface area contributed by atoms with Gasteiger partial charge in [-0.15, -0.1) is 11.3 Å². The van der Waals surface area contributed by atoms with Crippen LogP contribution >= 0.6 is 11.3 Å². The Morgan fingerprint density at radius 3 is 2.76 bits per heavy atom. The minimum Gasteiger partial charge on any atom is -0.508 e. The number of benzene rings is 1. The Bertz CT molecular complexity index is 924. The normalized spacial score (nSPS) is 19.4. The van der Waals surface area contributed by atoms with Crippen LogP contribution < -0.4 is 15.1 Å². The molecule has 152 valence electrons. The van der Waals surface area contributed by atoms with E-state index in [2.05, 4.69) is 23.2 Å². The smallest absolute Gasteiger partial charge is 0.280 e. The van der Waals surface area contributed by atoms with Gasteiger partial charge in [0.2, 0.25) is 0 Å². The van der Waals surface area contributed by atoms with Crippen molar-refractivity contribution in [1.82, 2.24) is 0 Å². The molecular weight excluding hydrogens is 384 g/mol. The summed E-state index contributed by atoms with van der Waals surface area (Å²) in [6, 6.07) is 9.58. The fourth-order valence-electron chi connectivity index (χ4n) is 4.28. The van der Waals surface area contributed by atoms with Crippen molar-refractivity contribution in [3.05, 3.63) is 40.3 Å². The minimum absolute atomic E-state index is 0.0128. The minimum atomic E-state index is -0.0128. The van der Waals surface area contributed by atoms with E-state index in [0.29, 0.717) is 18.0 Å². The number of piperazine rings is 1. The Morgan fingerprint density at radius 1 is 1.34 bits per heavy atom. The lowest BCUT2D eigenvalue weighted by Crippen LogP contribution is -3.15. The van der Waals surface area contributed by atoms with Gasteiger partial charge < -0.3 is 20.2 Å². The average molecular weight is 412 g/mol. The fraction of sp³-hybridized carbons (Fsp3) is 0.455. The van der Waals surface area contributed by atoms with E-state index in [0.717, 1.165) is 61.7 Å². The van der Waals surface area contributed by atoms with E-state index >= 15 is 0 Å². The van der Waals surface area contributed by atoms with Gasteiger partial charge in [0.25, 0.3) is 5.91 Å². The molecule has 1 aromatic carbocycles. The molecule has 7 heteroatoms. The van der Waals surface area contributed by atoms with E-state index in [-0.39, 0.29) is 11.7 Å². The van der Waals surface area contributed by atoms with Gasteiger partial charge in [0.05, 0.1) is 31.7 Å². The van der Waals surface area contributed by atoms with Crippen LogP contribution in [0.1, 0.15) is 29.3 Å². The molecule has 1 amide bonds. The van der Waals surface area contributed by atoms with Crippen molar-refractivity contribution in [2.75, 3.05) is 42.9 Å². The number of carbonyl (C=O) groups excluding carboxylic acids is 1. The second-order valence-corrected chi connectivity index (χ2v) is 9.25. The molecule has 1 aliphatic carbocycles. The zero-order chi connectivity index (χ0) is 20.4. The van der Waals surface area contributed by atoms with Crippen molar-refractivity contribution >= 4 is 27.9 Å². The number of aromatic hydroxyl groups is 1. The van der Waals surface area contributed by atoms with Crippen LogP contribution in [-0.4, -0.2) is 43.7 Å². The molecule has 2 aliphatic rings. The first-order valence-corrected chi connectivity index (χ1v) is 11.1. The molecule has 1 saturated heterocycles. The number of hydrogen-bond acceptors (Lipinski definition) is 5. The standard InChI is InChI=1S/C22H26N4O2S/c1-15-2-7-18-19(13-23)22(29-20(18)12-15)24-21(28)14-25-8-10-26(11-9-25)16-3-5-17(27)6-4-16/h3-6,15,27H,2,7-12,14H2,1H3,(H,24,28)/p+1/t15-/m0/s1. The molecule has 1 atom stereocenters. The Hall–Kier alpha value is -2.56. The van der Waals surface area contributed by atoms with Gasteiger partial charge in [-0.3, -0.25) is 4.79 Å². The van der Waals surface area contributed by atoms with Crippen LogP contribution in [0.3, 0.4) is 0 Å². The maximum absolute atomic E-state index is 12.6. The van der Waals surface area contributed by atoms with Gasteiger partial charge >= 0.3 is 0 Å². The molecule has 0 saturated carbocycles. The number of phenols is 1. The maximum Gasteiger partial charge on any atom is 0.280 e. The first-order valence-electron chi connectivity index (χ1n) is 10.3. The van der Waals surface area contributed by atoms with Crippen LogP contribution in [0.4, 0.5) is 10.7 Å². The third-order valence-corrected chi connectivity index (χ3v) is 7.14. The first kappa shape index (κ1) is 19.7. The molecule has 1 aromatic heterocycles. The van der Waals surface area contributed by atoms with Crippen molar-refractivity contribution in [2.24, 2.45) is 5.92 Å². The number of fused-ring (bicyclic) bond motifs is 1. The van der Waals surface area contributed by atoms with Crippen LogP contribution in [0, 0.1) is 17.2 Å². The monoisotopic (exact) mass is 411 g/mol. The Morgan fingerprint density at radius 2 is 2.07 bits per heavy atom. The maximum atomic E-state index is 12.6. The fourth-order valence-corrected chi connectivity index (χ4v) is 5.65. The van der Waals surface area contributed by atoms with Crippen LogP contribution in [0.2, 0.25) is 0 Å². The molecule has 6 nitrogen and oxygen atoms in total. The number of nitriles is 1. The molecule has 0 unspecified atom stereocenters. The van der Waals surface area contributed by atoms with Gasteiger partial charge in [-0.2, -0.15) is 5.26 Å². The number of quaternary nitrogens is 1. The zero-order valence-electron chi connectivity index (χ0n) is 16.7. The van der Waals surface area contributed by atoms with Gasteiger partial charge in [-0.25, -0.2) is 0 Å². The molecule has 2 aromatic rings. The van der Waals surface area contributed by atoms with Gasteiger partial charge in [-0.1, -0.05) is 6.92 Å². The summed E-state index contributed by atoms with van der Waals surface area (Å²) < 4.78 is 0. The van der Waals surface area contributed by atoms with Gasteiger partial charge in [-0.05, 0) is 55.0 Å². The largest absolute Gasteiger partial charge is 0.508 e. The Labute approximate surface area is 175 Å². The molecule has 0 spiro atoms. The number of nitrogens with zero attached hydrogens (tertiary/aromatic N) is 2. The number of anilines is 2. The van der Waals surface area contributed by atoms with E-state index in [4.69, 9.17) is 0 Å². The molecule has 1 fully saturated rings. The second-order valence-electron chi connectivity index (χ2n) is 8.15. The van der Waals surface area contributed by atoms with Crippen molar-refractivity contribution < 1.29 is 14.8 Å². The number of rotatable bonds is 4. The quantitative estimate of drug-likeness (QED) is 0.717. The van der Waals surface area contributed by atoms with E-state index in [1.165, 1.54) is 9.78 Å². The predicted octanol–water partition coefficient (Wildman–Crippen LogP) is 1.79. The Kier molecular flexibility index (Phi) is 5.74. The summed E-state index contributed by atoms with van der Waals surface area (Å²) >= 11 is 1.59. The van der Waals surface area contributed by atoms with E-state index in [9.17, 15) is 15.2 Å². The number of nitrogens with one attached hydrogen (secondary N) is 2. The number of carbonyl (C=O) groups is 1. The highest BCUT2D eigenvalue weighted by Crippen LogP contribution is 2.39. The van der Waals surface area contributed by atoms with Crippen molar-refractivity contribution in [3.63, 3.8) is 0 Å². The molecule has 0 radical (unpaired) electrons. The summed E-state index contributed by atoms with van der Waals surface area (Å²) in [5.74, 6) is 0.905. The number of amides is 1. The Balaban J connectivity index is 1.33. The van der Waals surface area contributed by atoms with Crippen LogP contribution in [-0.2, 0) is 17.6 Å². The lowest BCUT2D eigenvalue weighted by atomic mass is 9.89. The highest BCUT2D eigenvalue weighted by atomic mass is 32.1. The topological polar surface area (TPSA) is 80.8 Å². The molecule has 1 aliphatic heterocycles. The summed E-state index contributed by atoms with van der Waals surface area (Å²) in [7, 11) is 0. The van der Waals surface area contributed by atoms with Gasteiger partial charge in [0.15, 0.2) is 6.54 Å². The zero-order valence-corrected chi connectivity index (χ0v) is 17.5. The van der Waals surface area contributed by atoms with Crippen LogP contribution in [0.15, 0.2) is 24.3 Å². The van der Waals surface area contributed by atoms with Crippen molar-refractivity contribution in [3.8, 4) is 11.8 Å². The summed E-state index contributed by atoms with van der Waals surface area (Å²) in [6.07, 6.45) is 3.06. The third-order valence-electron chi connectivity index (χ3n) is 5.97. The van der Waals surface area contributed by atoms with E-state index in [1.807, 2.05) is 12.1 Å². The van der Waals surface area contributed by atoms with Crippen molar-refractivity contribution in [1.29, 1.82) is 5.26 Å². The third kappa shape index (κ3) is 4.39. The van der Waals surface area contributed by atoms with Crippen LogP contribution in [0.5, 0.6) is 5.75 Å². The van der Waals surface area contributed by atoms with Crippen LogP contribution in [0.25, 0.3) is 0 Å². The SMILES string of the molecule is C[C@H]1CCc2c(sc(NC(=O)C[NH+]3CCN(c4ccc(O)cc4)CC3)c2C#N)C1. The predicted molar refractivity (Wildman–Crippen MR) is 115 cm³/mol. The first-order chi connectivity index (χ1) is 14.0. The van der Waals surface area contributed by atoms with E-state index < -0.39 is 0 Å². The lowest BCUT2D eigenvalue weighted by molar-refractivity contribution is -0.892. The van der Waals surface area contributed by atoms with Gasteiger partial charge in [0, 0.05) is 10.6 Å². The molecule has 3 N–H and O–H groups in total. The highest BCUT2D eigenvalue weighted by molar-refractivity contribution is 7.16.